The summed E-state index contributed by atoms with van der Waals surface area (Å²) in [7, 11) is -3.54. The molecule has 0 unspecified atom stereocenters. The minimum Gasteiger partial charge on any atom is -0.326 e. The van der Waals surface area contributed by atoms with Crippen molar-refractivity contribution >= 4 is 21.4 Å². The number of nitrogens with one attached hydrogen (secondary N) is 1. The maximum Gasteiger partial charge on any atom is 0.240 e. The maximum absolute atomic E-state index is 12.2. The Hall–Kier alpha value is -1.28. The minimum absolute atomic E-state index is 0.201. The zero-order chi connectivity index (χ0) is 14.8. The number of hydrogen-bond acceptors (Lipinski definition) is 5. The average Bonchev–Trinajstić information content (AvgIpc) is 2.83. The summed E-state index contributed by atoms with van der Waals surface area (Å²) in [5.41, 5.74) is 7.43. The predicted molar refractivity (Wildman–Crippen MR) is 79.9 cm³/mol. The zero-order valence-corrected chi connectivity index (χ0v) is 13.0. The molecule has 0 radical (unpaired) electrons. The maximum atomic E-state index is 12.2. The molecule has 1 aromatic carbocycles. The van der Waals surface area contributed by atoms with Gasteiger partial charge in [-0.2, -0.15) is 0 Å². The third-order valence-electron chi connectivity index (χ3n) is 2.93. The van der Waals surface area contributed by atoms with Crippen molar-refractivity contribution in [3.05, 3.63) is 45.4 Å². The van der Waals surface area contributed by atoms with Crippen LogP contribution in [0.5, 0.6) is 0 Å². The van der Waals surface area contributed by atoms with Crippen LogP contribution in [0.25, 0.3) is 0 Å². The molecule has 0 spiro atoms. The lowest BCUT2D eigenvalue weighted by atomic mass is 10.1. The second-order valence-corrected chi connectivity index (χ2v) is 7.57. The van der Waals surface area contributed by atoms with Gasteiger partial charge in [0.15, 0.2) is 0 Å². The largest absolute Gasteiger partial charge is 0.326 e. The fourth-order valence-corrected chi connectivity index (χ4v) is 3.61. The van der Waals surface area contributed by atoms with Crippen LogP contribution in [-0.2, 0) is 23.1 Å². The van der Waals surface area contributed by atoms with Crippen LogP contribution >= 0.6 is 11.3 Å². The normalized spacial score (nSPS) is 11.8. The molecule has 0 amide bonds. The molecule has 1 heterocycles. The van der Waals surface area contributed by atoms with E-state index in [-0.39, 0.29) is 11.4 Å². The van der Waals surface area contributed by atoms with Crippen molar-refractivity contribution in [1.29, 1.82) is 0 Å². The first kappa shape index (κ1) is 15.1. The van der Waals surface area contributed by atoms with Gasteiger partial charge in [0.1, 0.15) is 5.01 Å². The predicted octanol–water partition coefficient (Wildman–Crippen LogP) is 1.70. The van der Waals surface area contributed by atoms with E-state index >= 15 is 0 Å². The molecule has 7 heteroatoms. The van der Waals surface area contributed by atoms with Crippen LogP contribution in [0.2, 0.25) is 0 Å². The molecule has 0 saturated carbocycles. The third-order valence-corrected chi connectivity index (χ3v) is 5.25. The van der Waals surface area contributed by atoms with E-state index in [4.69, 9.17) is 5.73 Å². The molecular weight excluding hydrogens is 294 g/mol. The van der Waals surface area contributed by atoms with Crippen molar-refractivity contribution in [2.75, 3.05) is 0 Å². The van der Waals surface area contributed by atoms with Crippen molar-refractivity contribution in [2.45, 2.75) is 31.8 Å². The highest BCUT2D eigenvalue weighted by Gasteiger charge is 2.15. The molecule has 20 heavy (non-hydrogen) atoms. The Kier molecular flexibility index (Phi) is 4.54. The molecule has 2 rings (SSSR count). The summed E-state index contributed by atoms with van der Waals surface area (Å²) >= 11 is 1.48. The van der Waals surface area contributed by atoms with Crippen molar-refractivity contribution in [1.82, 2.24) is 9.71 Å². The van der Waals surface area contributed by atoms with Crippen LogP contribution < -0.4 is 10.5 Å². The lowest BCUT2D eigenvalue weighted by Gasteiger charge is -2.08. The molecule has 1 aromatic heterocycles. The number of aryl methyl sites for hydroxylation is 2. The summed E-state index contributed by atoms with van der Waals surface area (Å²) in [5.74, 6) is 0. The fraction of sp³-hybridized carbons (Fsp3) is 0.308. The Morgan fingerprint density at radius 2 is 2.10 bits per heavy atom. The lowest BCUT2D eigenvalue weighted by Crippen LogP contribution is -2.23. The van der Waals surface area contributed by atoms with E-state index in [1.54, 1.807) is 24.4 Å². The third kappa shape index (κ3) is 3.43. The molecular formula is C13H17N3O2S2. The van der Waals surface area contributed by atoms with Gasteiger partial charge in [-0.05, 0) is 37.1 Å². The molecule has 0 aliphatic rings. The monoisotopic (exact) mass is 311 g/mol. The number of hydrogen-bond donors (Lipinski definition) is 2. The van der Waals surface area contributed by atoms with Crippen molar-refractivity contribution in [3.63, 3.8) is 0 Å². The number of aromatic nitrogens is 1. The van der Waals surface area contributed by atoms with E-state index < -0.39 is 10.0 Å². The van der Waals surface area contributed by atoms with Gasteiger partial charge in [-0.25, -0.2) is 18.1 Å². The van der Waals surface area contributed by atoms with Crippen molar-refractivity contribution in [3.8, 4) is 0 Å². The van der Waals surface area contributed by atoms with Gasteiger partial charge in [0.2, 0.25) is 10.0 Å². The number of nitrogens with two attached hydrogens (primary N) is 1. The molecule has 2 aromatic rings. The number of rotatable bonds is 5. The molecule has 0 atom stereocenters. The van der Waals surface area contributed by atoms with Crippen LogP contribution in [0.1, 0.15) is 21.0 Å². The summed E-state index contributed by atoms with van der Waals surface area (Å²) in [5, 5.41) is 0.747. The summed E-state index contributed by atoms with van der Waals surface area (Å²) in [6.45, 7) is 4.36. The number of sulfonamides is 1. The molecule has 5 nitrogen and oxygen atoms in total. The van der Waals surface area contributed by atoms with E-state index in [1.807, 2.05) is 13.8 Å². The first-order chi connectivity index (χ1) is 9.42. The highest BCUT2D eigenvalue weighted by molar-refractivity contribution is 7.89. The van der Waals surface area contributed by atoms with E-state index in [1.165, 1.54) is 11.3 Å². The number of nitrogens with zero attached hydrogens (tertiary/aromatic N) is 1. The van der Waals surface area contributed by atoms with Crippen LogP contribution in [0.4, 0.5) is 0 Å². The molecule has 108 valence electrons. The second kappa shape index (κ2) is 6.01. The first-order valence-electron chi connectivity index (χ1n) is 6.13. The number of benzene rings is 1. The highest BCUT2D eigenvalue weighted by atomic mass is 32.2. The van der Waals surface area contributed by atoms with Crippen LogP contribution in [0.3, 0.4) is 0 Å². The molecule has 3 N–H and O–H groups in total. The average molecular weight is 311 g/mol. The quantitative estimate of drug-likeness (QED) is 0.880. The molecule has 0 bridgehead atoms. The standard InChI is InChI=1S/C13H17N3O2S2/c1-9-3-4-12(5-11(9)6-14)20(17,18)16-8-13-15-7-10(2)19-13/h3-5,7,16H,6,8,14H2,1-2H3. The summed E-state index contributed by atoms with van der Waals surface area (Å²) in [6.07, 6.45) is 1.73. The summed E-state index contributed by atoms with van der Waals surface area (Å²) < 4.78 is 27.0. The molecule has 0 aliphatic heterocycles. The van der Waals surface area contributed by atoms with Crippen LogP contribution in [0.15, 0.2) is 29.3 Å². The summed E-state index contributed by atoms with van der Waals surface area (Å²) in [6, 6.07) is 4.97. The van der Waals surface area contributed by atoms with E-state index in [2.05, 4.69) is 9.71 Å². The molecule has 0 fully saturated rings. The van der Waals surface area contributed by atoms with Gasteiger partial charge < -0.3 is 5.73 Å². The minimum atomic E-state index is -3.54. The van der Waals surface area contributed by atoms with E-state index in [0.29, 0.717) is 6.54 Å². The topological polar surface area (TPSA) is 85.1 Å². The Balaban J connectivity index is 2.17. The van der Waals surface area contributed by atoms with E-state index in [0.717, 1.165) is 21.0 Å². The van der Waals surface area contributed by atoms with Gasteiger partial charge in [0.05, 0.1) is 11.4 Å². The van der Waals surface area contributed by atoms with Gasteiger partial charge in [0.25, 0.3) is 0 Å². The first-order valence-corrected chi connectivity index (χ1v) is 8.43. The second-order valence-electron chi connectivity index (χ2n) is 4.48. The van der Waals surface area contributed by atoms with Gasteiger partial charge in [0, 0.05) is 17.6 Å². The highest BCUT2D eigenvalue weighted by Crippen LogP contribution is 2.16. The Morgan fingerprint density at radius 1 is 1.35 bits per heavy atom. The van der Waals surface area contributed by atoms with Crippen LogP contribution in [-0.4, -0.2) is 13.4 Å². The van der Waals surface area contributed by atoms with Crippen LogP contribution in [0, 0.1) is 13.8 Å². The molecule has 0 aliphatic carbocycles. The van der Waals surface area contributed by atoms with Gasteiger partial charge >= 0.3 is 0 Å². The molecule has 0 saturated heterocycles. The van der Waals surface area contributed by atoms with Crippen molar-refractivity contribution in [2.24, 2.45) is 5.73 Å². The fourth-order valence-electron chi connectivity index (χ4n) is 1.76. The van der Waals surface area contributed by atoms with Gasteiger partial charge in [-0.1, -0.05) is 6.07 Å². The SMILES string of the molecule is Cc1cnc(CNS(=O)(=O)c2ccc(C)c(CN)c2)s1. The number of thiazole rings is 1. The summed E-state index contributed by atoms with van der Waals surface area (Å²) in [4.78, 5) is 5.42. The van der Waals surface area contributed by atoms with Gasteiger partial charge in [-0.15, -0.1) is 11.3 Å². The smallest absolute Gasteiger partial charge is 0.240 e. The Labute approximate surface area is 122 Å². The van der Waals surface area contributed by atoms with E-state index in [9.17, 15) is 8.42 Å². The Bertz CT molecular complexity index is 708. The zero-order valence-electron chi connectivity index (χ0n) is 11.4. The lowest BCUT2D eigenvalue weighted by molar-refractivity contribution is 0.581. The van der Waals surface area contributed by atoms with Crippen molar-refractivity contribution < 1.29 is 8.42 Å². The van der Waals surface area contributed by atoms with Gasteiger partial charge in [-0.3, -0.25) is 0 Å². The Morgan fingerprint density at radius 3 is 2.70 bits per heavy atom.